The van der Waals surface area contributed by atoms with Crippen molar-refractivity contribution in [3.05, 3.63) is 50.1 Å². The number of ether oxygens (including phenoxy) is 1. The van der Waals surface area contributed by atoms with Gasteiger partial charge in [0, 0.05) is 5.56 Å². The molecule has 0 radical (unpaired) electrons. The van der Waals surface area contributed by atoms with Crippen LogP contribution in [0.25, 0.3) is 0 Å². The highest BCUT2D eigenvalue weighted by atomic mass is 35.5. The van der Waals surface area contributed by atoms with Crippen molar-refractivity contribution in [2.75, 3.05) is 6.61 Å². The van der Waals surface area contributed by atoms with Gasteiger partial charge in [-0.25, -0.2) is 0 Å². The molecule has 1 aromatic heterocycles. The zero-order valence-electron chi connectivity index (χ0n) is 9.57. The molecular weight excluding hydrogens is 291 g/mol. The minimum absolute atomic E-state index is 0.148. The van der Waals surface area contributed by atoms with E-state index >= 15 is 0 Å². The van der Waals surface area contributed by atoms with Gasteiger partial charge >= 0.3 is 0 Å². The van der Waals surface area contributed by atoms with Gasteiger partial charge in [0.05, 0.1) is 16.5 Å². The number of benzene rings is 1. The summed E-state index contributed by atoms with van der Waals surface area (Å²) < 4.78 is 6.27. The van der Waals surface area contributed by atoms with Crippen LogP contribution in [0, 0.1) is 0 Å². The fourth-order valence-electron chi connectivity index (χ4n) is 1.54. The monoisotopic (exact) mass is 300 g/mol. The zero-order chi connectivity index (χ0) is 13.1. The van der Waals surface area contributed by atoms with Gasteiger partial charge in [-0.05, 0) is 25.1 Å². The molecule has 1 heterocycles. The average molecular weight is 301 g/mol. The quantitative estimate of drug-likeness (QED) is 0.766. The van der Waals surface area contributed by atoms with E-state index in [0.29, 0.717) is 32.2 Å². The Labute approximate surface area is 119 Å². The van der Waals surface area contributed by atoms with Gasteiger partial charge in [-0.15, -0.1) is 11.3 Å². The van der Waals surface area contributed by atoms with E-state index in [2.05, 4.69) is 0 Å². The van der Waals surface area contributed by atoms with Crippen LogP contribution in [0.5, 0.6) is 5.75 Å². The van der Waals surface area contributed by atoms with Crippen LogP contribution in [-0.4, -0.2) is 12.4 Å². The molecule has 1 aromatic carbocycles. The Morgan fingerprint density at radius 2 is 2.11 bits per heavy atom. The first-order valence-corrected chi connectivity index (χ1v) is 6.91. The van der Waals surface area contributed by atoms with Gasteiger partial charge in [0.25, 0.3) is 0 Å². The van der Waals surface area contributed by atoms with Crippen LogP contribution >= 0.6 is 34.5 Å². The van der Waals surface area contributed by atoms with Crippen molar-refractivity contribution in [3.63, 3.8) is 0 Å². The second-order valence-corrected chi connectivity index (χ2v) is 5.81. The summed E-state index contributed by atoms with van der Waals surface area (Å²) in [6.45, 7) is 2.45. The van der Waals surface area contributed by atoms with Crippen LogP contribution in [-0.2, 0) is 0 Å². The molecule has 0 saturated heterocycles. The number of hydrogen-bond donors (Lipinski definition) is 0. The van der Waals surface area contributed by atoms with Crippen molar-refractivity contribution >= 4 is 40.3 Å². The third-order valence-corrected chi connectivity index (χ3v) is 3.80. The molecule has 2 rings (SSSR count). The molecule has 5 heteroatoms. The maximum atomic E-state index is 12.2. The summed E-state index contributed by atoms with van der Waals surface area (Å²) in [5.41, 5.74) is 0.970. The van der Waals surface area contributed by atoms with Crippen LogP contribution in [0.2, 0.25) is 8.67 Å². The van der Waals surface area contributed by atoms with E-state index in [1.54, 1.807) is 24.3 Å². The summed E-state index contributed by atoms with van der Waals surface area (Å²) in [5.74, 6) is 0.519. The van der Waals surface area contributed by atoms with E-state index in [1.807, 2.05) is 13.0 Å². The third kappa shape index (κ3) is 2.86. The molecule has 0 bridgehead atoms. The molecule has 0 aliphatic rings. The van der Waals surface area contributed by atoms with Crippen molar-refractivity contribution in [2.24, 2.45) is 0 Å². The fourth-order valence-corrected chi connectivity index (χ4v) is 3.00. The molecular formula is C13H10Cl2O2S. The van der Waals surface area contributed by atoms with E-state index < -0.39 is 0 Å². The van der Waals surface area contributed by atoms with Gasteiger partial charge < -0.3 is 4.74 Å². The molecule has 0 atom stereocenters. The number of carbonyl (C=O) groups is 1. The molecule has 94 valence electrons. The summed E-state index contributed by atoms with van der Waals surface area (Å²) in [7, 11) is 0. The number of thiophene rings is 1. The third-order valence-electron chi connectivity index (χ3n) is 2.31. The Morgan fingerprint density at radius 3 is 2.72 bits per heavy atom. The minimum atomic E-state index is -0.148. The van der Waals surface area contributed by atoms with E-state index in [9.17, 15) is 4.79 Å². The number of ketones is 1. The van der Waals surface area contributed by atoms with Crippen molar-refractivity contribution in [2.45, 2.75) is 6.92 Å². The van der Waals surface area contributed by atoms with Crippen molar-refractivity contribution in [1.29, 1.82) is 0 Å². The topological polar surface area (TPSA) is 26.3 Å². The van der Waals surface area contributed by atoms with Crippen LogP contribution in [0.1, 0.15) is 22.8 Å². The standard InChI is InChI=1S/C13H10Cl2O2S/c1-2-17-9-5-3-4-8(6-9)12(16)10-7-11(14)18-13(10)15/h3-7H,2H2,1H3. The first-order chi connectivity index (χ1) is 8.61. The molecule has 2 nitrogen and oxygen atoms in total. The number of hydrogen-bond acceptors (Lipinski definition) is 3. The Balaban J connectivity index is 2.34. The lowest BCUT2D eigenvalue weighted by molar-refractivity contribution is 0.103. The summed E-state index contributed by atoms with van der Waals surface area (Å²) in [5, 5.41) is 0. The van der Waals surface area contributed by atoms with E-state index in [-0.39, 0.29) is 5.78 Å². The van der Waals surface area contributed by atoms with Crippen LogP contribution in [0.4, 0.5) is 0 Å². The number of rotatable bonds is 4. The van der Waals surface area contributed by atoms with Gasteiger partial charge in [0.1, 0.15) is 10.1 Å². The molecule has 2 aromatic rings. The van der Waals surface area contributed by atoms with E-state index in [4.69, 9.17) is 27.9 Å². The molecule has 0 aliphatic heterocycles. The van der Waals surface area contributed by atoms with Crippen molar-refractivity contribution < 1.29 is 9.53 Å². The lowest BCUT2D eigenvalue weighted by atomic mass is 10.1. The maximum absolute atomic E-state index is 12.2. The second-order valence-electron chi connectivity index (χ2n) is 3.53. The highest BCUT2D eigenvalue weighted by Gasteiger charge is 2.16. The Morgan fingerprint density at radius 1 is 1.33 bits per heavy atom. The summed E-state index contributed by atoms with van der Waals surface area (Å²) >= 11 is 13.0. The highest BCUT2D eigenvalue weighted by molar-refractivity contribution is 7.20. The first-order valence-electron chi connectivity index (χ1n) is 5.34. The van der Waals surface area contributed by atoms with Gasteiger partial charge in [0.15, 0.2) is 5.78 Å². The van der Waals surface area contributed by atoms with Crippen molar-refractivity contribution in [1.82, 2.24) is 0 Å². The average Bonchev–Trinajstić information content (AvgIpc) is 2.68. The molecule has 18 heavy (non-hydrogen) atoms. The van der Waals surface area contributed by atoms with Crippen molar-refractivity contribution in [3.8, 4) is 5.75 Å². The van der Waals surface area contributed by atoms with Gasteiger partial charge in [0.2, 0.25) is 0 Å². The predicted octanol–water partition coefficient (Wildman–Crippen LogP) is 4.68. The summed E-state index contributed by atoms with van der Waals surface area (Å²) in [6.07, 6.45) is 0. The fraction of sp³-hybridized carbons (Fsp3) is 0.154. The number of carbonyl (C=O) groups excluding carboxylic acids is 1. The predicted molar refractivity (Wildman–Crippen MR) is 75.4 cm³/mol. The van der Waals surface area contributed by atoms with Gasteiger partial charge in [-0.2, -0.15) is 0 Å². The zero-order valence-corrected chi connectivity index (χ0v) is 11.9. The van der Waals surface area contributed by atoms with E-state index in [0.717, 1.165) is 0 Å². The normalized spacial score (nSPS) is 10.4. The van der Waals surface area contributed by atoms with E-state index in [1.165, 1.54) is 11.3 Å². The van der Waals surface area contributed by atoms with Crippen LogP contribution in [0.15, 0.2) is 30.3 Å². The summed E-state index contributed by atoms with van der Waals surface area (Å²) in [6, 6.07) is 8.60. The minimum Gasteiger partial charge on any atom is -0.494 e. The summed E-state index contributed by atoms with van der Waals surface area (Å²) in [4.78, 5) is 12.2. The maximum Gasteiger partial charge on any atom is 0.195 e. The SMILES string of the molecule is CCOc1cccc(C(=O)c2cc(Cl)sc2Cl)c1. The smallest absolute Gasteiger partial charge is 0.195 e. The van der Waals surface area contributed by atoms with Crippen LogP contribution in [0.3, 0.4) is 0 Å². The first kappa shape index (κ1) is 13.4. The second kappa shape index (κ2) is 5.74. The lowest BCUT2D eigenvalue weighted by Crippen LogP contribution is -2.01. The van der Waals surface area contributed by atoms with Gasteiger partial charge in [-0.3, -0.25) is 4.79 Å². The Bertz CT molecular complexity index is 578. The number of halogens is 2. The lowest BCUT2D eigenvalue weighted by Gasteiger charge is -2.05. The Kier molecular flexibility index (Phi) is 4.27. The van der Waals surface area contributed by atoms with Crippen LogP contribution < -0.4 is 4.74 Å². The highest BCUT2D eigenvalue weighted by Crippen LogP contribution is 2.32. The molecule has 0 unspecified atom stereocenters. The molecule has 0 fully saturated rings. The van der Waals surface area contributed by atoms with Gasteiger partial charge in [-0.1, -0.05) is 35.3 Å². The Hall–Kier alpha value is -1.03. The molecule has 0 saturated carbocycles. The molecule has 0 spiro atoms. The molecule has 0 aliphatic carbocycles. The molecule has 0 N–H and O–H groups in total. The molecule has 0 amide bonds. The largest absolute Gasteiger partial charge is 0.494 e.